The van der Waals surface area contributed by atoms with Crippen LogP contribution in [0.1, 0.15) is 30.4 Å². The number of anilines is 1. The summed E-state index contributed by atoms with van der Waals surface area (Å²) in [6.45, 7) is 2.11. The zero-order valence-corrected chi connectivity index (χ0v) is 11.1. The van der Waals surface area contributed by atoms with E-state index in [1.54, 1.807) is 6.20 Å². The molecule has 2 rings (SSSR count). The van der Waals surface area contributed by atoms with Gasteiger partial charge in [-0.15, -0.1) is 0 Å². The number of nitrogens with two attached hydrogens (primary N) is 1. The topological polar surface area (TPSA) is 51.8 Å². The molecule has 3 nitrogen and oxygen atoms in total. The molecule has 1 aromatic heterocycles. The summed E-state index contributed by atoms with van der Waals surface area (Å²) >= 11 is 5.96. The molecule has 2 N–H and O–H groups in total. The molecule has 1 heterocycles. The van der Waals surface area contributed by atoms with Gasteiger partial charge in [-0.2, -0.15) is 0 Å². The fourth-order valence-electron chi connectivity index (χ4n) is 1.82. The van der Waals surface area contributed by atoms with Gasteiger partial charge in [0, 0.05) is 11.4 Å². The SMILES string of the molecule is CCCc1nc(Cc2cccc(Cl)c2)ncc1N. The minimum absolute atomic E-state index is 0.673. The van der Waals surface area contributed by atoms with Gasteiger partial charge in [-0.05, 0) is 24.1 Å². The van der Waals surface area contributed by atoms with Gasteiger partial charge in [-0.1, -0.05) is 37.1 Å². The van der Waals surface area contributed by atoms with Gasteiger partial charge in [0.1, 0.15) is 5.82 Å². The number of benzene rings is 1. The molecule has 0 fully saturated rings. The number of halogens is 1. The fraction of sp³-hybridized carbons (Fsp3) is 0.286. The van der Waals surface area contributed by atoms with Crippen LogP contribution in [0.5, 0.6) is 0 Å². The second-order valence-electron chi connectivity index (χ2n) is 4.24. The summed E-state index contributed by atoms with van der Waals surface area (Å²) < 4.78 is 0. The molecule has 0 spiro atoms. The largest absolute Gasteiger partial charge is 0.396 e. The number of nitrogen functional groups attached to an aromatic ring is 1. The van der Waals surface area contributed by atoms with Crippen molar-refractivity contribution in [2.24, 2.45) is 0 Å². The van der Waals surface area contributed by atoms with Crippen molar-refractivity contribution < 1.29 is 0 Å². The normalized spacial score (nSPS) is 10.6. The van der Waals surface area contributed by atoms with Crippen molar-refractivity contribution in [3.8, 4) is 0 Å². The summed E-state index contributed by atoms with van der Waals surface area (Å²) in [5, 5.41) is 0.733. The van der Waals surface area contributed by atoms with Crippen LogP contribution in [0.25, 0.3) is 0 Å². The molecule has 0 unspecified atom stereocenters. The molecule has 18 heavy (non-hydrogen) atoms. The van der Waals surface area contributed by atoms with E-state index < -0.39 is 0 Å². The smallest absolute Gasteiger partial charge is 0.133 e. The van der Waals surface area contributed by atoms with Crippen LogP contribution < -0.4 is 5.73 Å². The molecule has 0 bridgehead atoms. The summed E-state index contributed by atoms with van der Waals surface area (Å²) in [5.41, 5.74) is 8.56. The van der Waals surface area contributed by atoms with Crippen LogP contribution in [0.4, 0.5) is 5.69 Å². The number of hydrogen-bond donors (Lipinski definition) is 1. The second kappa shape index (κ2) is 5.83. The molecule has 0 saturated heterocycles. The maximum atomic E-state index is 5.96. The van der Waals surface area contributed by atoms with Crippen LogP contribution >= 0.6 is 11.6 Å². The van der Waals surface area contributed by atoms with Gasteiger partial charge in [-0.3, -0.25) is 0 Å². The van der Waals surface area contributed by atoms with Crippen molar-refractivity contribution in [2.45, 2.75) is 26.2 Å². The molecular weight excluding hydrogens is 246 g/mol. The Morgan fingerprint density at radius 3 is 2.89 bits per heavy atom. The summed E-state index contributed by atoms with van der Waals surface area (Å²) in [6.07, 6.45) is 4.28. The second-order valence-corrected chi connectivity index (χ2v) is 4.68. The zero-order chi connectivity index (χ0) is 13.0. The lowest BCUT2D eigenvalue weighted by Gasteiger charge is -2.06. The van der Waals surface area contributed by atoms with Gasteiger partial charge >= 0.3 is 0 Å². The van der Waals surface area contributed by atoms with Crippen molar-refractivity contribution in [1.29, 1.82) is 0 Å². The number of rotatable bonds is 4. The first-order chi connectivity index (χ1) is 8.69. The maximum Gasteiger partial charge on any atom is 0.133 e. The van der Waals surface area contributed by atoms with Crippen LogP contribution in [0.15, 0.2) is 30.5 Å². The van der Waals surface area contributed by atoms with Crippen LogP contribution in [-0.2, 0) is 12.8 Å². The highest BCUT2D eigenvalue weighted by Gasteiger charge is 2.05. The van der Waals surface area contributed by atoms with E-state index in [9.17, 15) is 0 Å². The number of aromatic nitrogens is 2. The lowest BCUT2D eigenvalue weighted by Crippen LogP contribution is -2.04. The summed E-state index contributed by atoms with van der Waals surface area (Å²) in [7, 11) is 0. The van der Waals surface area contributed by atoms with Gasteiger partial charge < -0.3 is 5.73 Å². The van der Waals surface area contributed by atoms with Gasteiger partial charge in [-0.25, -0.2) is 9.97 Å². The third-order valence-electron chi connectivity index (χ3n) is 2.69. The highest BCUT2D eigenvalue weighted by molar-refractivity contribution is 6.30. The third kappa shape index (κ3) is 3.20. The molecule has 4 heteroatoms. The first-order valence-electron chi connectivity index (χ1n) is 6.03. The molecule has 0 aliphatic heterocycles. The predicted molar refractivity (Wildman–Crippen MR) is 74.7 cm³/mol. The van der Waals surface area contributed by atoms with Gasteiger partial charge in [0.05, 0.1) is 17.6 Å². The van der Waals surface area contributed by atoms with Crippen molar-refractivity contribution in [3.63, 3.8) is 0 Å². The van der Waals surface area contributed by atoms with Gasteiger partial charge in [0.25, 0.3) is 0 Å². The Hall–Kier alpha value is -1.61. The van der Waals surface area contributed by atoms with E-state index in [0.29, 0.717) is 12.1 Å². The van der Waals surface area contributed by atoms with Crippen LogP contribution in [0.3, 0.4) is 0 Å². The molecule has 94 valence electrons. The fourth-order valence-corrected chi connectivity index (χ4v) is 2.03. The number of nitrogens with zero attached hydrogens (tertiary/aromatic N) is 2. The molecule has 0 saturated carbocycles. The first-order valence-corrected chi connectivity index (χ1v) is 6.41. The lowest BCUT2D eigenvalue weighted by molar-refractivity contribution is 0.845. The Bertz CT molecular complexity index is 540. The molecule has 0 amide bonds. The van der Waals surface area contributed by atoms with E-state index in [0.717, 1.165) is 34.9 Å². The average Bonchev–Trinajstić information content (AvgIpc) is 2.34. The molecule has 0 radical (unpaired) electrons. The Morgan fingerprint density at radius 2 is 2.17 bits per heavy atom. The maximum absolute atomic E-state index is 5.96. The molecule has 2 aromatic rings. The Morgan fingerprint density at radius 1 is 1.33 bits per heavy atom. The molecule has 1 aromatic carbocycles. The van der Waals surface area contributed by atoms with Crippen molar-refractivity contribution in [3.05, 3.63) is 52.6 Å². The molecular formula is C14H16ClN3. The standard InChI is InChI=1S/C14H16ClN3/c1-2-4-13-12(16)9-17-14(18-13)8-10-5-3-6-11(15)7-10/h3,5-7,9H,2,4,8,16H2,1H3. The van der Waals surface area contributed by atoms with Crippen LogP contribution in [0, 0.1) is 0 Å². The molecule has 0 aliphatic carbocycles. The lowest BCUT2D eigenvalue weighted by atomic mass is 10.1. The minimum atomic E-state index is 0.673. The van der Waals surface area contributed by atoms with E-state index in [1.807, 2.05) is 24.3 Å². The summed E-state index contributed by atoms with van der Waals surface area (Å²) in [5.74, 6) is 0.787. The Kier molecular flexibility index (Phi) is 4.15. The van der Waals surface area contributed by atoms with Gasteiger partial charge in [0.2, 0.25) is 0 Å². The Labute approximate surface area is 112 Å². The monoisotopic (exact) mass is 261 g/mol. The third-order valence-corrected chi connectivity index (χ3v) is 2.92. The minimum Gasteiger partial charge on any atom is -0.396 e. The zero-order valence-electron chi connectivity index (χ0n) is 10.4. The van der Waals surface area contributed by atoms with Gasteiger partial charge in [0.15, 0.2) is 0 Å². The van der Waals surface area contributed by atoms with Crippen LogP contribution in [-0.4, -0.2) is 9.97 Å². The van der Waals surface area contributed by atoms with E-state index in [1.165, 1.54) is 0 Å². The average molecular weight is 262 g/mol. The molecule has 0 atom stereocenters. The van der Waals surface area contributed by atoms with E-state index >= 15 is 0 Å². The van der Waals surface area contributed by atoms with E-state index in [4.69, 9.17) is 17.3 Å². The van der Waals surface area contributed by atoms with Crippen molar-refractivity contribution >= 4 is 17.3 Å². The highest BCUT2D eigenvalue weighted by Crippen LogP contribution is 2.15. The van der Waals surface area contributed by atoms with E-state index in [-0.39, 0.29) is 0 Å². The number of hydrogen-bond acceptors (Lipinski definition) is 3. The summed E-state index contributed by atoms with van der Waals surface area (Å²) in [4.78, 5) is 8.77. The van der Waals surface area contributed by atoms with Crippen molar-refractivity contribution in [1.82, 2.24) is 9.97 Å². The predicted octanol–water partition coefficient (Wildman–Crippen LogP) is 3.26. The summed E-state index contributed by atoms with van der Waals surface area (Å²) in [6, 6.07) is 7.74. The first kappa shape index (κ1) is 12.8. The van der Waals surface area contributed by atoms with Crippen LogP contribution in [0.2, 0.25) is 5.02 Å². The quantitative estimate of drug-likeness (QED) is 0.919. The number of aryl methyl sites for hydroxylation is 1. The Balaban J connectivity index is 2.21. The van der Waals surface area contributed by atoms with Crippen molar-refractivity contribution in [2.75, 3.05) is 5.73 Å². The highest BCUT2D eigenvalue weighted by atomic mass is 35.5. The molecule has 0 aliphatic rings. The van der Waals surface area contributed by atoms with E-state index in [2.05, 4.69) is 16.9 Å².